The smallest absolute Gasteiger partial charge is 0.315 e. The van der Waals surface area contributed by atoms with Gasteiger partial charge in [0.25, 0.3) is 5.91 Å². The first-order valence-electron chi connectivity index (χ1n) is 8.17. The number of benzene rings is 1. The van der Waals surface area contributed by atoms with Gasteiger partial charge in [0.2, 0.25) is 11.7 Å². The zero-order valence-electron chi connectivity index (χ0n) is 13.0. The highest BCUT2D eigenvalue weighted by Crippen LogP contribution is 2.37. The number of amides is 1. The number of aromatic nitrogens is 2. The molecule has 4 rings (SSSR count). The van der Waals surface area contributed by atoms with Crippen molar-refractivity contribution >= 4 is 5.91 Å². The molecule has 2 aliphatic rings. The van der Waals surface area contributed by atoms with Crippen molar-refractivity contribution in [3.05, 3.63) is 35.2 Å². The van der Waals surface area contributed by atoms with Crippen LogP contribution >= 0.6 is 0 Å². The Hall–Kier alpha value is -2.31. The van der Waals surface area contributed by atoms with E-state index in [0.29, 0.717) is 24.1 Å². The van der Waals surface area contributed by atoms with Crippen LogP contribution in [0.1, 0.15) is 54.7 Å². The highest BCUT2D eigenvalue weighted by atomic mass is 19.3. The quantitative estimate of drug-likeness (QED) is 0.931. The van der Waals surface area contributed by atoms with E-state index in [-0.39, 0.29) is 6.04 Å². The van der Waals surface area contributed by atoms with Gasteiger partial charge in [-0.15, -0.1) is 0 Å². The molecule has 1 aromatic heterocycles. The Morgan fingerprint density at radius 2 is 2.12 bits per heavy atom. The lowest BCUT2D eigenvalue weighted by Crippen LogP contribution is -2.32. The average molecular weight is 333 g/mol. The summed E-state index contributed by atoms with van der Waals surface area (Å²) in [6.07, 6.45) is 1.75. The zero-order valence-corrected chi connectivity index (χ0v) is 13.0. The maximum Gasteiger partial charge on any atom is 0.315 e. The molecule has 1 aromatic carbocycles. The first-order valence-corrected chi connectivity index (χ1v) is 8.17. The molecule has 0 bridgehead atoms. The summed E-state index contributed by atoms with van der Waals surface area (Å²) < 4.78 is 30.2. The Morgan fingerprint density at radius 1 is 1.29 bits per heavy atom. The first-order chi connectivity index (χ1) is 11.6. The van der Waals surface area contributed by atoms with Gasteiger partial charge in [-0.2, -0.15) is 13.8 Å². The monoisotopic (exact) mass is 333 g/mol. The van der Waals surface area contributed by atoms with Crippen molar-refractivity contribution in [3.63, 3.8) is 0 Å². The Balaban J connectivity index is 1.54. The number of aryl methyl sites for hydroxylation is 1. The lowest BCUT2D eigenvalue weighted by Gasteiger charge is -2.20. The predicted octanol–water partition coefficient (Wildman–Crippen LogP) is 3.37. The summed E-state index contributed by atoms with van der Waals surface area (Å²) in [5.41, 5.74) is 2.77. The molecule has 7 heteroatoms. The van der Waals surface area contributed by atoms with Gasteiger partial charge in [-0.1, -0.05) is 23.7 Å². The van der Waals surface area contributed by atoms with Gasteiger partial charge >= 0.3 is 6.43 Å². The second-order valence-corrected chi connectivity index (χ2v) is 6.40. The molecule has 1 amide bonds. The van der Waals surface area contributed by atoms with Gasteiger partial charge in [0.15, 0.2) is 0 Å². The number of hydrogen-bond donors (Lipinski definition) is 1. The lowest BCUT2D eigenvalue weighted by atomic mass is 9.85. The van der Waals surface area contributed by atoms with E-state index in [2.05, 4.69) is 15.5 Å². The first kappa shape index (κ1) is 15.2. The summed E-state index contributed by atoms with van der Waals surface area (Å²) in [5.74, 6) is 0.411. The standard InChI is InChI=1S/C17H17F2N3O2/c18-14(19)16(23)20-13-7-5-10-8-11(4-6-12(10)13)15-21-17(24-22-15)9-2-1-3-9/h4,6,8-9,13-14H,1-3,5,7H2,(H,20,23)/t13-/m1/s1. The zero-order chi connectivity index (χ0) is 16.7. The number of halogens is 2. The van der Waals surface area contributed by atoms with Gasteiger partial charge in [0.05, 0.1) is 6.04 Å². The van der Waals surface area contributed by atoms with Gasteiger partial charge < -0.3 is 9.84 Å². The number of hydrogen-bond acceptors (Lipinski definition) is 4. The van der Waals surface area contributed by atoms with Crippen LogP contribution < -0.4 is 5.32 Å². The van der Waals surface area contributed by atoms with Gasteiger partial charge in [0.1, 0.15) is 0 Å². The number of carbonyl (C=O) groups excluding carboxylic acids is 1. The molecule has 2 aromatic rings. The summed E-state index contributed by atoms with van der Waals surface area (Å²) in [4.78, 5) is 15.7. The average Bonchev–Trinajstić information content (AvgIpc) is 3.13. The van der Waals surface area contributed by atoms with Crippen molar-refractivity contribution in [1.29, 1.82) is 0 Å². The van der Waals surface area contributed by atoms with Crippen LogP contribution in [0.25, 0.3) is 11.4 Å². The molecule has 126 valence electrons. The SMILES string of the molecule is O=C(N[C@@H]1CCc2cc(-c3noc(C4CCC4)n3)ccc21)C(F)F. The Morgan fingerprint density at radius 3 is 2.83 bits per heavy atom. The summed E-state index contributed by atoms with van der Waals surface area (Å²) in [6.45, 7) is 0. The molecular weight excluding hydrogens is 316 g/mol. The minimum Gasteiger partial charge on any atom is -0.344 e. The molecule has 1 saturated carbocycles. The van der Waals surface area contributed by atoms with Crippen molar-refractivity contribution in [3.8, 4) is 11.4 Å². The van der Waals surface area contributed by atoms with Gasteiger partial charge in [0, 0.05) is 11.5 Å². The fraction of sp³-hybridized carbons (Fsp3) is 0.471. The Kier molecular flexibility index (Phi) is 3.78. The molecule has 0 radical (unpaired) electrons. The molecule has 5 nitrogen and oxygen atoms in total. The van der Waals surface area contributed by atoms with Gasteiger partial charge in [-0.3, -0.25) is 4.79 Å². The normalized spacial score (nSPS) is 20.0. The molecule has 24 heavy (non-hydrogen) atoms. The predicted molar refractivity (Wildman–Crippen MR) is 81.5 cm³/mol. The van der Waals surface area contributed by atoms with Crippen LogP contribution in [-0.4, -0.2) is 22.5 Å². The minimum atomic E-state index is -2.99. The molecule has 1 heterocycles. The molecule has 0 saturated heterocycles. The largest absolute Gasteiger partial charge is 0.344 e. The molecule has 0 unspecified atom stereocenters. The maximum atomic E-state index is 12.4. The highest BCUT2D eigenvalue weighted by molar-refractivity contribution is 5.79. The van der Waals surface area contributed by atoms with Crippen LogP contribution in [0, 0.1) is 0 Å². The maximum absolute atomic E-state index is 12.4. The van der Waals surface area contributed by atoms with Crippen LogP contribution in [0.15, 0.2) is 22.7 Å². The van der Waals surface area contributed by atoms with Crippen LogP contribution in [0.5, 0.6) is 0 Å². The lowest BCUT2D eigenvalue weighted by molar-refractivity contribution is -0.132. The van der Waals surface area contributed by atoms with Crippen molar-refractivity contribution in [2.45, 2.75) is 50.5 Å². The second-order valence-electron chi connectivity index (χ2n) is 6.40. The summed E-state index contributed by atoms with van der Waals surface area (Å²) in [5, 5.41) is 6.44. The van der Waals surface area contributed by atoms with E-state index < -0.39 is 12.3 Å². The number of carbonyl (C=O) groups is 1. The number of rotatable bonds is 4. The Labute approximate surface area is 137 Å². The fourth-order valence-electron chi connectivity index (χ4n) is 3.31. The van der Waals surface area contributed by atoms with E-state index >= 15 is 0 Å². The van der Waals surface area contributed by atoms with Crippen molar-refractivity contribution in [1.82, 2.24) is 15.5 Å². The summed E-state index contributed by atoms with van der Waals surface area (Å²) in [7, 11) is 0. The van der Waals surface area contributed by atoms with Crippen molar-refractivity contribution in [2.75, 3.05) is 0 Å². The fourth-order valence-corrected chi connectivity index (χ4v) is 3.31. The van der Waals surface area contributed by atoms with Gasteiger partial charge in [-0.25, -0.2) is 0 Å². The van der Waals surface area contributed by atoms with Crippen molar-refractivity contribution in [2.24, 2.45) is 0 Å². The molecule has 1 fully saturated rings. The Bertz CT molecular complexity index is 771. The third-order valence-electron chi connectivity index (χ3n) is 4.89. The third-order valence-corrected chi connectivity index (χ3v) is 4.89. The molecule has 0 spiro atoms. The van der Waals surface area contributed by atoms with Crippen LogP contribution in [0.4, 0.5) is 8.78 Å². The summed E-state index contributed by atoms with van der Waals surface area (Å²) in [6, 6.07) is 5.31. The number of nitrogens with zero attached hydrogens (tertiary/aromatic N) is 2. The van der Waals surface area contributed by atoms with Crippen molar-refractivity contribution < 1.29 is 18.1 Å². The van der Waals surface area contributed by atoms with E-state index in [1.165, 1.54) is 6.42 Å². The molecule has 1 atom stereocenters. The summed E-state index contributed by atoms with van der Waals surface area (Å²) >= 11 is 0. The highest BCUT2D eigenvalue weighted by Gasteiger charge is 2.28. The topological polar surface area (TPSA) is 68.0 Å². The van der Waals surface area contributed by atoms with Crippen LogP contribution in [-0.2, 0) is 11.2 Å². The van der Waals surface area contributed by atoms with E-state index in [9.17, 15) is 13.6 Å². The third kappa shape index (κ3) is 2.68. The van der Waals surface area contributed by atoms with E-state index in [0.717, 1.165) is 36.0 Å². The number of fused-ring (bicyclic) bond motifs is 1. The molecule has 2 aliphatic carbocycles. The van der Waals surface area contributed by atoms with Gasteiger partial charge in [-0.05, 0) is 42.9 Å². The van der Waals surface area contributed by atoms with E-state index in [4.69, 9.17) is 4.52 Å². The molecule has 0 aliphatic heterocycles. The number of nitrogens with one attached hydrogen (secondary N) is 1. The van der Waals surface area contributed by atoms with E-state index in [1.807, 2.05) is 18.2 Å². The molecule has 1 N–H and O–H groups in total. The number of alkyl halides is 2. The van der Waals surface area contributed by atoms with Crippen LogP contribution in [0.2, 0.25) is 0 Å². The van der Waals surface area contributed by atoms with Crippen LogP contribution in [0.3, 0.4) is 0 Å². The second kappa shape index (κ2) is 5.96. The van der Waals surface area contributed by atoms with E-state index in [1.54, 1.807) is 0 Å². The molecular formula is C17H17F2N3O2. The minimum absolute atomic E-state index is 0.355.